The SMILES string of the molecule is CCCCCOc1cc2c3cc(OCCCCC)c(OCCCCC)cc3c3c(cc(OCCCCC)c4oc(-c5cccc(F)c5)nc43)c2cc1OCCCCC. The smallest absolute Gasteiger partial charge is 0.227 e. The second kappa shape index (κ2) is 21.9. The van der Waals surface area contributed by atoms with E-state index in [1.807, 2.05) is 6.07 Å². The second-order valence-electron chi connectivity index (χ2n) is 15.5. The highest BCUT2D eigenvalue weighted by molar-refractivity contribution is 6.32. The zero-order valence-corrected chi connectivity index (χ0v) is 35.6. The molecular weight excluding hydrogens is 730 g/mol. The lowest BCUT2D eigenvalue weighted by Gasteiger charge is -2.20. The number of hydrogen-bond donors (Lipinski definition) is 0. The van der Waals surface area contributed by atoms with Gasteiger partial charge in [0.15, 0.2) is 34.3 Å². The summed E-state index contributed by atoms with van der Waals surface area (Å²) in [6.07, 6.45) is 15.7. The monoisotopic (exact) mass is 793 g/mol. The van der Waals surface area contributed by atoms with Crippen molar-refractivity contribution in [3.8, 4) is 40.2 Å². The molecule has 0 aliphatic carbocycles. The van der Waals surface area contributed by atoms with Gasteiger partial charge in [0, 0.05) is 10.9 Å². The Morgan fingerprint density at radius 3 is 1.26 bits per heavy atom. The van der Waals surface area contributed by atoms with Crippen LogP contribution in [0.4, 0.5) is 4.39 Å². The summed E-state index contributed by atoms with van der Waals surface area (Å²) in [5, 5.41) is 5.77. The fourth-order valence-corrected chi connectivity index (χ4v) is 7.51. The van der Waals surface area contributed by atoms with Crippen LogP contribution in [0.1, 0.15) is 131 Å². The predicted molar refractivity (Wildman–Crippen MR) is 237 cm³/mol. The van der Waals surface area contributed by atoms with Gasteiger partial charge in [-0.1, -0.05) is 105 Å². The molecule has 1 aromatic heterocycles. The summed E-state index contributed by atoms with van der Waals surface area (Å²) in [7, 11) is 0. The van der Waals surface area contributed by atoms with Crippen LogP contribution in [0.2, 0.25) is 0 Å². The molecular formula is C50H64FNO6. The quantitative estimate of drug-likeness (QED) is 0.0400. The zero-order chi connectivity index (χ0) is 40.7. The molecule has 1 heterocycles. The summed E-state index contributed by atoms with van der Waals surface area (Å²) in [6.45, 7) is 13.9. The fraction of sp³-hybridized carbons (Fsp3) is 0.500. The van der Waals surface area contributed by atoms with Crippen molar-refractivity contribution in [1.82, 2.24) is 4.98 Å². The molecule has 6 rings (SSSR count). The molecule has 0 unspecified atom stereocenters. The van der Waals surface area contributed by atoms with Gasteiger partial charge in [-0.25, -0.2) is 9.37 Å². The number of nitrogens with zero attached hydrogens (tertiary/aromatic N) is 1. The van der Waals surface area contributed by atoms with Crippen molar-refractivity contribution in [1.29, 1.82) is 0 Å². The number of benzene rings is 5. The van der Waals surface area contributed by atoms with Gasteiger partial charge in [-0.2, -0.15) is 0 Å². The maximum Gasteiger partial charge on any atom is 0.227 e. The van der Waals surface area contributed by atoms with Crippen LogP contribution in [-0.4, -0.2) is 38.0 Å². The van der Waals surface area contributed by atoms with Gasteiger partial charge in [0.1, 0.15) is 11.3 Å². The Kier molecular flexibility index (Phi) is 16.2. The van der Waals surface area contributed by atoms with E-state index in [9.17, 15) is 4.39 Å². The van der Waals surface area contributed by atoms with Gasteiger partial charge in [0.25, 0.3) is 0 Å². The molecule has 0 atom stereocenters. The molecule has 312 valence electrons. The lowest BCUT2D eigenvalue weighted by Crippen LogP contribution is -2.04. The summed E-state index contributed by atoms with van der Waals surface area (Å²) in [5.41, 5.74) is 1.73. The van der Waals surface area contributed by atoms with Crippen molar-refractivity contribution in [3.63, 3.8) is 0 Å². The van der Waals surface area contributed by atoms with Crippen molar-refractivity contribution in [2.24, 2.45) is 0 Å². The minimum atomic E-state index is -0.354. The molecule has 0 saturated heterocycles. The third-order valence-electron chi connectivity index (χ3n) is 10.7. The van der Waals surface area contributed by atoms with Crippen LogP contribution in [0, 0.1) is 5.82 Å². The Labute approximate surface area is 344 Å². The van der Waals surface area contributed by atoms with E-state index in [2.05, 4.69) is 65.0 Å². The van der Waals surface area contributed by atoms with E-state index in [0.29, 0.717) is 67.1 Å². The van der Waals surface area contributed by atoms with Crippen molar-refractivity contribution in [3.05, 3.63) is 60.4 Å². The first-order valence-corrected chi connectivity index (χ1v) is 22.3. The standard InChI is InChI=1S/C50H64FNO6/c1-6-11-16-24-53-42-30-37-38-31-44(55-26-18-13-8-3)45(56-27-19-14-9-4)33-40(38)47-41(39(37)32-43(42)54-25-17-12-7-2)34-46(57-28-20-15-10-5)49-48(47)52-50(58-49)35-22-21-23-36(51)29-35/h21-23,29-34H,6-20,24-28H2,1-5H3. The first-order valence-electron chi connectivity index (χ1n) is 22.3. The Balaban J connectivity index is 1.67. The molecule has 0 aliphatic heterocycles. The zero-order valence-electron chi connectivity index (χ0n) is 35.6. The molecule has 58 heavy (non-hydrogen) atoms. The summed E-state index contributed by atoms with van der Waals surface area (Å²) < 4.78 is 54.0. The first kappa shape index (κ1) is 42.9. The number of halogens is 1. The Hall–Kier alpha value is -4.72. The minimum absolute atomic E-state index is 0.330. The van der Waals surface area contributed by atoms with Crippen molar-refractivity contribution in [2.45, 2.75) is 131 Å². The average Bonchev–Trinajstić information content (AvgIpc) is 3.69. The molecule has 0 amide bonds. The number of hydrogen-bond acceptors (Lipinski definition) is 7. The molecule has 0 spiro atoms. The number of unbranched alkanes of at least 4 members (excludes halogenated alkanes) is 10. The molecule has 8 heteroatoms. The highest BCUT2D eigenvalue weighted by atomic mass is 19.1. The largest absolute Gasteiger partial charge is 0.490 e. The van der Waals surface area contributed by atoms with Crippen LogP contribution >= 0.6 is 0 Å². The van der Waals surface area contributed by atoms with Crippen LogP contribution in [0.25, 0.3) is 54.9 Å². The van der Waals surface area contributed by atoms with Crippen LogP contribution in [0.5, 0.6) is 28.7 Å². The van der Waals surface area contributed by atoms with Crippen LogP contribution in [0.15, 0.2) is 59.0 Å². The number of aromatic nitrogens is 1. The van der Waals surface area contributed by atoms with Gasteiger partial charge in [0.05, 0.1) is 33.0 Å². The average molecular weight is 794 g/mol. The summed E-state index contributed by atoms with van der Waals surface area (Å²) in [5.74, 6) is 3.46. The van der Waals surface area contributed by atoms with Crippen LogP contribution in [0.3, 0.4) is 0 Å². The summed E-state index contributed by atoms with van der Waals surface area (Å²) >= 11 is 0. The van der Waals surface area contributed by atoms with Crippen LogP contribution < -0.4 is 23.7 Å². The second-order valence-corrected chi connectivity index (χ2v) is 15.5. The van der Waals surface area contributed by atoms with E-state index in [0.717, 1.165) is 146 Å². The summed E-state index contributed by atoms with van der Waals surface area (Å²) in [6, 6.07) is 17.0. The van der Waals surface area contributed by atoms with E-state index >= 15 is 0 Å². The number of fused-ring (bicyclic) bond motifs is 8. The van der Waals surface area contributed by atoms with E-state index in [-0.39, 0.29) is 5.82 Å². The molecule has 0 N–H and O–H groups in total. The normalized spacial score (nSPS) is 11.6. The molecule has 0 aliphatic rings. The maximum absolute atomic E-state index is 14.6. The van der Waals surface area contributed by atoms with Crippen molar-refractivity contribution < 1.29 is 32.5 Å². The lowest BCUT2D eigenvalue weighted by molar-refractivity contribution is 0.260. The van der Waals surface area contributed by atoms with E-state index in [1.54, 1.807) is 6.07 Å². The predicted octanol–water partition coefficient (Wildman–Crippen LogP) is 14.9. The number of oxazole rings is 1. The molecule has 0 radical (unpaired) electrons. The maximum atomic E-state index is 14.6. The molecule has 0 saturated carbocycles. The van der Waals surface area contributed by atoms with Gasteiger partial charge >= 0.3 is 0 Å². The third kappa shape index (κ3) is 10.5. The number of ether oxygens (including phenoxy) is 5. The fourth-order valence-electron chi connectivity index (χ4n) is 7.51. The molecule has 6 aromatic rings. The molecule has 5 aromatic carbocycles. The first-order chi connectivity index (χ1) is 28.5. The highest BCUT2D eigenvalue weighted by Gasteiger charge is 2.24. The lowest BCUT2D eigenvalue weighted by atomic mass is 9.92. The van der Waals surface area contributed by atoms with Crippen molar-refractivity contribution in [2.75, 3.05) is 33.0 Å². The molecule has 0 fully saturated rings. The van der Waals surface area contributed by atoms with Gasteiger partial charge in [-0.3, -0.25) is 0 Å². The summed E-state index contributed by atoms with van der Waals surface area (Å²) in [4.78, 5) is 5.15. The molecule has 0 bridgehead atoms. The topological polar surface area (TPSA) is 72.2 Å². The van der Waals surface area contributed by atoms with E-state index in [4.69, 9.17) is 33.1 Å². The minimum Gasteiger partial charge on any atom is -0.490 e. The van der Waals surface area contributed by atoms with Crippen molar-refractivity contribution >= 4 is 43.4 Å². The third-order valence-corrected chi connectivity index (χ3v) is 10.7. The van der Waals surface area contributed by atoms with Gasteiger partial charge in [-0.15, -0.1) is 0 Å². The van der Waals surface area contributed by atoms with Gasteiger partial charge in [0.2, 0.25) is 5.89 Å². The highest BCUT2D eigenvalue weighted by Crippen LogP contribution is 2.48. The van der Waals surface area contributed by atoms with Crippen LogP contribution in [-0.2, 0) is 0 Å². The Bertz CT molecular complexity index is 2180. The van der Waals surface area contributed by atoms with E-state index < -0.39 is 0 Å². The Morgan fingerprint density at radius 1 is 0.466 bits per heavy atom. The number of rotatable bonds is 26. The van der Waals surface area contributed by atoms with E-state index in [1.165, 1.54) is 12.1 Å². The molecule has 7 nitrogen and oxygen atoms in total. The van der Waals surface area contributed by atoms with Gasteiger partial charge in [-0.05, 0) is 108 Å². The van der Waals surface area contributed by atoms with Gasteiger partial charge < -0.3 is 28.1 Å². The Morgan fingerprint density at radius 2 is 0.845 bits per heavy atom.